The molecule has 2 aromatic heterocycles. The minimum Gasteiger partial charge on any atom is -0.306 e. The van der Waals surface area contributed by atoms with E-state index in [-0.39, 0.29) is 0 Å². The van der Waals surface area contributed by atoms with Crippen molar-refractivity contribution in [3.05, 3.63) is 40.2 Å². The fourth-order valence-electron chi connectivity index (χ4n) is 1.77. The van der Waals surface area contributed by atoms with Crippen LogP contribution >= 0.6 is 61.2 Å². The molecule has 0 amide bonds. The highest BCUT2D eigenvalue weighted by atomic mass is 127. The molecule has 0 aliphatic rings. The Morgan fingerprint density at radius 3 is 2.72 bits per heavy atom. The van der Waals surface area contributed by atoms with E-state index in [2.05, 4.69) is 75.2 Å². The first kappa shape index (κ1) is 15.0. The van der Waals surface area contributed by atoms with Crippen molar-refractivity contribution in [1.29, 1.82) is 0 Å². The van der Waals surface area contributed by atoms with Crippen molar-refractivity contribution < 1.29 is 0 Å². The first-order valence-corrected chi connectivity index (χ1v) is 9.41. The van der Waals surface area contributed by atoms with Gasteiger partial charge in [0.15, 0.2) is 0 Å². The molecule has 1 N–H and O–H groups in total. The van der Waals surface area contributed by atoms with Gasteiger partial charge in [-0.15, -0.1) is 22.7 Å². The summed E-state index contributed by atoms with van der Waals surface area (Å²) in [6.45, 7) is 5.41. The van der Waals surface area contributed by atoms with Gasteiger partial charge >= 0.3 is 0 Å². The molecule has 18 heavy (non-hydrogen) atoms. The van der Waals surface area contributed by atoms with Crippen molar-refractivity contribution in [3.8, 4) is 0 Å². The Hall–Kier alpha value is 0.570. The van der Waals surface area contributed by atoms with E-state index in [0.717, 1.165) is 13.0 Å². The van der Waals surface area contributed by atoms with E-state index in [4.69, 9.17) is 0 Å². The average molecular weight is 456 g/mol. The van der Waals surface area contributed by atoms with Gasteiger partial charge in [0.2, 0.25) is 0 Å². The quantitative estimate of drug-likeness (QED) is 0.580. The van der Waals surface area contributed by atoms with Gasteiger partial charge in [-0.25, -0.2) is 0 Å². The monoisotopic (exact) mass is 455 g/mol. The number of hydrogen-bond acceptors (Lipinski definition) is 3. The zero-order chi connectivity index (χ0) is 13.1. The Morgan fingerprint density at radius 2 is 2.22 bits per heavy atom. The number of hydrogen-bond donors (Lipinski definition) is 1. The summed E-state index contributed by atoms with van der Waals surface area (Å²) in [4.78, 5) is 2.74. The highest BCUT2D eigenvalue weighted by molar-refractivity contribution is 14.1. The summed E-state index contributed by atoms with van der Waals surface area (Å²) in [5.41, 5.74) is 1.38. The smallest absolute Gasteiger partial charge is 0.0680 e. The van der Waals surface area contributed by atoms with Crippen molar-refractivity contribution in [3.63, 3.8) is 0 Å². The van der Waals surface area contributed by atoms with E-state index >= 15 is 0 Å². The Morgan fingerprint density at radius 1 is 1.44 bits per heavy atom. The summed E-state index contributed by atoms with van der Waals surface area (Å²) in [5.74, 6) is 0. The molecule has 0 aliphatic heterocycles. The molecule has 0 aliphatic carbocycles. The average Bonchev–Trinajstić information content (AvgIpc) is 2.88. The second-order valence-electron chi connectivity index (χ2n) is 4.12. The molecule has 1 atom stereocenters. The third kappa shape index (κ3) is 3.56. The van der Waals surface area contributed by atoms with Gasteiger partial charge in [-0.1, -0.05) is 6.92 Å². The molecule has 2 rings (SSSR count). The zero-order valence-electron chi connectivity index (χ0n) is 10.3. The normalized spacial score (nSPS) is 12.9. The van der Waals surface area contributed by atoms with Gasteiger partial charge in [0.05, 0.1) is 8.93 Å². The lowest BCUT2D eigenvalue weighted by Gasteiger charge is -2.15. The molecule has 0 fully saturated rings. The SMILES string of the molecule is CCCNC(c1csc(I)c1)c1cc(Br)c(C)s1. The van der Waals surface area contributed by atoms with E-state index in [1.165, 1.54) is 22.7 Å². The Labute approximate surface area is 138 Å². The molecule has 0 saturated carbocycles. The van der Waals surface area contributed by atoms with Crippen LogP contribution in [0.15, 0.2) is 22.0 Å². The van der Waals surface area contributed by atoms with E-state index in [9.17, 15) is 0 Å². The predicted molar refractivity (Wildman–Crippen MR) is 93.9 cm³/mol. The van der Waals surface area contributed by atoms with E-state index in [0.29, 0.717) is 6.04 Å². The molecule has 1 unspecified atom stereocenters. The molecule has 2 aromatic rings. The van der Waals surface area contributed by atoms with E-state index in [1.807, 2.05) is 22.7 Å². The molecule has 2 heterocycles. The lowest BCUT2D eigenvalue weighted by molar-refractivity contribution is 0.607. The fourth-order valence-corrected chi connectivity index (χ4v) is 4.83. The minimum atomic E-state index is 0.333. The van der Waals surface area contributed by atoms with Crippen LogP contribution in [0.5, 0.6) is 0 Å². The van der Waals surface area contributed by atoms with Crippen molar-refractivity contribution in [2.24, 2.45) is 0 Å². The molecule has 1 nitrogen and oxygen atoms in total. The molecular formula is C13H15BrINS2. The molecule has 0 bridgehead atoms. The van der Waals surface area contributed by atoms with Crippen LogP contribution in [0.4, 0.5) is 0 Å². The molecule has 98 valence electrons. The second kappa shape index (κ2) is 6.83. The maximum absolute atomic E-state index is 3.65. The third-order valence-corrected chi connectivity index (χ3v) is 6.69. The number of nitrogens with one attached hydrogen (secondary N) is 1. The largest absolute Gasteiger partial charge is 0.306 e. The van der Waals surface area contributed by atoms with Gasteiger partial charge in [0, 0.05) is 14.2 Å². The number of halogens is 2. The number of rotatable bonds is 5. The minimum absolute atomic E-state index is 0.333. The van der Waals surface area contributed by atoms with Gasteiger partial charge in [-0.2, -0.15) is 0 Å². The highest BCUT2D eigenvalue weighted by Gasteiger charge is 2.17. The van der Waals surface area contributed by atoms with Gasteiger partial charge in [-0.05, 0) is 81.5 Å². The van der Waals surface area contributed by atoms with Crippen molar-refractivity contribution in [1.82, 2.24) is 5.32 Å². The highest BCUT2D eigenvalue weighted by Crippen LogP contribution is 2.35. The zero-order valence-corrected chi connectivity index (χ0v) is 15.7. The lowest BCUT2D eigenvalue weighted by Crippen LogP contribution is -2.21. The van der Waals surface area contributed by atoms with Gasteiger partial charge in [0.1, 0.15) is 0 Å². The Bertz CT molecular complexity index is 501. The first-order valence-electron chi connectivity index (χ1n) is 5.85. The van der Waals surface area contributed by atoms with Crippen LogP contribution in [-0.2, 0) is 0 Å². The molecule has 0 aromatic carbocycles. The third-order valence-electron chi connectivity index (χ3n) is 2.68. The standard InChI is InChI=1S/C13H15BrINS2/c1-3-4-16-13(9-5-12(15)17-7-9)11-6-10(14)8(2)18-11/h5-7,13,16H,3-4H2,1-2H3. The predicted octanol–water partition coefficient (Wildman–Crippen LogP) is 5.57. The summed E-state index contributed by atoms with van der Waals surface area (Å²) in [6.07, 6.45) is 1.16. The summed E-state index contributed by atoms with van der Waals surface area (Å²) >= 11 is 9.68. The van der Waals surface area contributed by atoms with Crippen molar-refractivity contribution in [2.75, 3.05) is 6.54 Å². The maximum Gasteiger partial charge on any atom is 0.0680 e. The van der Waals surface area contributed by atoms with Crippen LogP contribution in [0, 0.1) is 9.81 Å². The topological polar surface area (TPSA) is 12.0 Å². The number of aryl methyl sites for hydroxylation is 1. The maximum atomic E-state index is 3.65. The summed E-state index contributed by atoms with van der Waals surface area (Å²) in [5, 5.41) is 5.91. The molecule has 5 heteroatoms. The van der Waals surface area contributed by atoms with E-state index < -0.39 is 0 Å². The van der Waals surface area contributed by atoms with Gasteiger partial charge in [-0.3, -0.25) is 0 Å². The molecule has 0 saturated heterocycles. The first-order chi connectivity index (χ1) is 8.61. The van der Waals surface area contributed by atoms with Gasteiger partial charge < -0.3 is 5.32 Å². The van der Waals surface area contributed by atoms with Crippen LogP contribution < -0.4 is 5.32 Å². The van der Waals surface area contributed by atoms with Crippen LogP contribution in [-0.4, -0.2) is 6.54 Å². The Balaban J connectivity index is 2.30. The van der Waals surface area contributed by atoms with Gasteiger partial charge in [0.25, 0.3) is 0 Å². The van der Waals surface area contributed by atoms with E-state index in [1.54, 1.807) is 0 Å². The van der Waals surface area contributed by atoms with Crippen molar-refractivity contribution >= 4 is 61.2 Å². The summed E-state index contributed by atoms with van der Waals surface area (Å²) in [7, 11) is 0. The summed E-state index contributed by atoms with van der Waals surface area (Å²) < 4.78 is 2.56. The number of thiophene rings is 2. The summed E-state index contributed by atoms with van der Waals surface area (Å²) in [6, 6.07) is 4.86. The van der Waals surface area contributed by atoms with Crippen molar-refractivity contribution in [2.45, 2.75) is 26.3 Å². The van der Waals surface area contributed by atoms with Crippen LogP contribution in [0.3, 0.4) is 0 Å². The van der Waals surface area contributed by atoms with Crippen LogP contribution in [0.2, 0.25) is 0 Å². The lowest BCUT2D eigenvalue weighted by atomic mass is 10.1. The second-order valence-corrected chi connectivity index (χ2v) is 9.07. The fraction of sp³-hybridized carbons (Fsp3) is 0.385. The molecule has 0 spiro atoms. The molecule has 0 radical (unpaired) electrons. The van der Waals surface area contributed by atoms with Crippen LogP contribution in [0.1, 0.15) is 34.7 Å². The molecular weight excluding hydrogens is 441 g/mol. The Kier molecular flexibility index (Phi) is 5.68. The van der Waals surface area contributed by atoms with Crippen LogP contribution in [0.25, 0.3) is 0 Å².